The van der Waals surface area contributed by atoms with Gasteiger partial charge in [0.05, 0.1) is 4.88 Å². The van der Waals surface area contributed by atoms with E-state index in [4.69, 9.17) is 5.41 Å². The molecule has 2 aromatic carbocycles. The van der Waals surface area contributed by atoms with Crippen molar-refractivity contribution in [2.45, 2.75) is 27.3 Å². The van der Waals surface area contributed by atoms with Gasteiger partial charge in [-0.2, -0.15) is 0 Å². The molecule has 0 saturated heterocycles. The van der Waals surface area contributed by atoms with Gasteiger partial charge in [0.25, 0.3) is 0 Å². The van der Waals surface area contributed by atoms with Gasteiger partial charge in [-0.25, -0.2) is 0 Å². The zero-order valence-electron chi connectivity index (χ0n) is 15.1. The van der Waals surface area contributed by atoms with E-state index in [2.05, 4.69) is 23.6 Å². The monoisotopic (exact) mass is 360 g/mol. The zero-order valence-corrected chi connectivity index (χ0v) is 15.9. The van der Waals surface area contributed by atoms with Crippen molar-refractivity contribution in [2.75, 3.05) is 0 Å². The van der Waals surface area contributed by atoms with Crippen molar-refractivity contribution >= 4 is 44.6 Å². The molecule has 0 saturated carbocycles. The predicted molar refractivity (Wildman–Crippen MR) is 110 cm³/mol. The molecule has 3 nitrogen and oxygen atoms in total. The fraction of sp³-hybridized carbons (Fsp3) is 0.182. The maximum atomic E-state index is 12.9. The van der Waals surface area contributed by atoms with Crippen LogP contribution < -0.4 is 0 Å². The molecule has 0 radical (unpaired) electrons. The summed E-state index contributed by atoms with van der Waals surface area (Å²) < 4.78 is 2.26. The molecular weight excluding hydrogens is 340 g/mol. The summed E-state index contributed by atoms with van der Waals surface area (Å²) in [5.41, 5.74) is 4.44. The standard InChI is InChI=1S/C22H20N2OS/c1-4-24-19-8-6-15(14(3)23)11-17(19)18-12-16(7-9-20(18)24)22(25)21-10-5-13(2)26-21/h5-12,23H,4H2,1-3H3. The number of carbonyl (C=O) groups is 1. The second-order valence-corrected chi connectivity index (χ2v) is 7.86. The van der Waals surface area contributed by atoms with Crippen LogP contribution in [0.3, 0.4) is 0 Å². The highest BCUT2D eigenvalue weighted by Crippen LogP contribution is 2.31. The SMILES string of the molecule is CCn1c2ccc(C(C)=N)cc2c2cc(C(=O)c3ccc(C)s3)ccc21. The molecule has 0 aliphatic rings. The van der Waals surface area contributed by atoms with Crippen LogP contribution in [0.1, 0.15) is 39.5 Å². The number of thiophene rings is 1. The van der Waals surface area contributed by atoms with Crippen LogP contribution >= 0.6 is 11.3 Å². The van der Waals surface area contributed by atoms with Crippen LogP contribution in [0, 0.1) is 12.3 Å². The average molecular weight is 360 g/mol. The third kappa shape index (κ3) is 2.58. The molecule has 0 atom stereocenters. The Morgan fingerprint density at radius 1 is 1.00 bits per heavy atom. The number of aryl methyl sites for hydroxylation is 2. The van der Waals surface area contributed by atoms with E-state index in [1.807, 2.05) is 43.3 Å². The Hall–Kier alpha value is -2.72. The first-order valence-corrected chi connectivity index (χ1v) is 9.54. The quantitative estimate of drug-likeness (QED) is 0.363. The molecule has 0 fully saturated rings. The number of fused-ring (bicyclic) bond motifs is 3. The van der Waals surface area contributed by atoms with Crippen molar-refractivity contribution in [1.82, 2.24) is 4.57 Å². The Kier molecular flexibility index (Phi) is 4.00. The van der Waals surface area contributed by atoms with Crippen LogP contribution in [-0.2, 0) is 6.54 Å². The molecule has 0 amide bonds. The Labute approximate surface area is 156 Å². The first-order chi connectivity index (χ1) is 12.5. The van der Waals surface area contributed by atoms with Gasteiger partial charge >= 0.3 is 0 Å². The molecule has 1 N–H and O–H groups in total. The minimum absolute atomic E-state index is 0.0711. The molecule has 0 unspecified atom stereocenters. The molecule has 26 heavy (non-hydrogen) atoms. The lowest BCUT2D eigenvalue weighted by Gasteiger charge is -2.04. The zero-order chi connectivity index (χ0) is 18.4. The number of carbonyl (C=O) groups excluding carboxylic acids is 1. The first kappa shape index (κ1) is 16.7. The molecule has 2 heterocycles. The number of benzene rings is 2. The highest BCUT2D eigenvalue weighted by molar-refractivity contribution is 7.14. The van der Waals surface area contributed by atoms with E-state index >= 15 is 0 Å². The second kappa shape index (κ2) is 6.22. The fourth-order valence-electron chi connectivity index (χ4n) is 3.52. The molecule has 0 aliphatic heterocycles. The number of ketones is 1. The molecule has 0 aliphatic carbocycles. The lowest BCUT2D eigenvalue weighted by molar-refractivity contribution is 0.104. The third-order valence-electron chi connectivity index (χ3n) is 4.84. The topological polar surface area (TPSA) is 45.9 Å². The summed E-state index contributed by atoms with van der Waals surface area (Å²) in [7, 11) is 0. The van der Waals surface area contributed by atoms with E-state index in [1.165, 1.54) is 11.3 Å². The normalized spacial score (nSPS) is 11.3. The van der Waals surface area contributed by atoms with Crippen LogP contribution in [0.15, 0.2) is 48.5 Å². The average Bonchev–Trinajstić information content (AvgIpc) is 3.21. The molecule has 0 bridgehead atoms. The highest BCUT2D eigenvalue weighted by atomic mass is 32.1. The number of rotatable bonds is 4. The summed E-state index contributed by atoms with van der Waals surface area (Å²) in [6.45, 7) is 6.80. The van der Waals surface area contributed by atoms with E-state index in [-0.39, 0.29) is 5.78 Å². The largest absolute Gasteiger partial charge is 0.341 e. The van der Waals surface area contributed by atoms with Crippen LogP contribution in [0.4, 0.5) is 0 Å². The van der Waals surface area contributed by atoms with Crippen LogP contribution in [0.25, 0.3) is 21.8 Å². The first-order valence-electron chi connectivity index (χ1n) is 8.72. The number of nitrogens with zero attached hydrogens (tertiary/aromatic N) is 1. The van der Waals surface area contributed by atoms with Crippen molar-refractivity contribution in [3.05, 3.63) is 69.4 Å². The Bertz CT molecular complexity index is 1180. The van der Waals surface area contributed by atoms with E-state index < -0.39 is 0 Å². The lowest BCUT2D eigenvalue weighted by atomic mass is 10.0. The summed E-state index contributed by atoms with van der Waals surface area (Å²) in [6, 6.07) is 16.0. The summed E-state index contributed by atoms with van der Waals surface area (Å²) in [5, 5.41) is 10.1. The molecule has 4 heteroatoms. The number of aromatic nitrogens is 1. The van der Waals surface area contributed by atoms with Crippen molar-refractivity contribution in [3.8, 4) is 0 Å². The number of nitrogens with one attached hydrogen (secondary N) is 1. The third-order valence-corrected chi connectivity index (χ3v) is 5.84. The minimum atomic E-state index is 0.0711. The smallest absolute Gasteiger partial charge is 0.202 e. The minimum Gasteiger partial charge on any atom is -0.341 e. The molecule has 4 aromatic rings. The van der Waals surface area contributed by atoms with Crippen LogP contribution in [-0.4, -0.2) is 16.1 Å². The Morgan fingerprint density at radius 3 is 2.15 bits per heavy atom. The van der Waals surface area contributed by atoms with Crippen LogP contribution in [0.2, 0.25) is 0 Å². The Morgan fingerprint density at radius 2 is 1.62 bits per heavy atom. The van der Waals surface area contributed by atoms with Crippen molar-refractivity contribution < 1.29 is 4.79 Å². The van der Waals surface area contributed by atoms with Crippen molar-refractivity contribution in [1.29, 1.82) is 5.41 Å². The molecule has 4 rings (SSSR count). The van der Waals surface area contributed by atoms with E-state index in [0.29, 0.717) is 11.3 Å². The summed E-state index contributed by atoms with van der Waals surface area (Å²) >= 11 is 1.53. The highest BCUT2D eigenvalue weighted by Gasteiger charge is 2.16. The predicted octanol–water partition coefficient (Wildman–Crippen LogP) is 5.80. The molecule has 0 spiro atoms. The summed E-state index contributed by atoms with van der Waals surface area (Å²) in [5.74, 6) is 0.0711. The molecular formula is C22H20N2OS. The van der Waals surface area contributed by atoms with Crippen molar-refractivity contribution in [3.63, 3.8) is 0 Å². The summed E-state index contributed by atoms with van der Waals surface area (Å²) in [4.78, 5) is 14.8. The van der Waals surface area contributed by atoms with Gasteiger partial charge in [0.2, 0.25) is 5.78 Å². The Balaban J connectivity index is 1.96. The van der Waals surface area contributed by atoms with Crippen molar-refractivity contribution in [2.24, 2.45) is 0 Å². The maximum Gasteiger partial charge on any atom is 0.202 e. The second-order valence-electron chi connectivity index (χ2n) is 6.57. The van der Waals surface area contributed by atoms with Gasteiger partial charge in [0.1, 0.15) is 0 Å². The van der Waals surface area contributed by atoms with Gasteiger partial charge in [0.15, 0.2) is 0 Å². The van der Waals surface area contributed by atoms with Crippen LogP contribution in [0.5, 0.6) is 0 Å². The van der Waals surface area contributed by atoms with Gasteiger partial charge in [-0.1, -0.05) is 6.07 Å². The van der Waals surface area contributed by atoms with Gasteiger partial charge in [-0.3, -0.25) is 4.79 Å². The summed E-state index contributed by atoms with van der Waals surface area (Å²) in [6.07, 6.45) is 0. The fourth-order valence-corrected chi connectivity index (χ4v) is 4.35. The number of hydrogen-bond donors (Lipinski definition) is 1. The molecule has 130 valence electrons. The van der Waals surface area contributed by atoms with E-state index in [1.54, 1.807) is 6.92 Å². The number of hydrogen-bond acceptors (Lipinski definition) is 3. The van der Waals surface area contributed by atoms with Gasteiger partial charge < -0.3 is 9.98 Å². The molecule has 2 aromatic heterocycles. The maximum absolute atomic E-state index is 12.9. The van der Waals surface area contributed by atoms with E-state index in [0.717, 1.165) is 43.7 Å². The van der Waals surface area contributed by atoms with Gasteiger partial charge in [0, 0.05) is 44.5 Å². The lowest BCUT2D eigenvalue weighted by Crippen LogP contribution is -1.98. The van der Waals surface area contributed by atoms with E-state index in [9.17, 15) is 4.79 Å². The van der Waals surface area contributed by atoms with Gasteiger partial charge in [-0.15, -0.1) is 11.3 Å². The van der Waals surface area contributed by atoms with Gasteiger partial charge in [-0.05, 0) is 68.8 Å².